The first-order chi connectivity index (χ1) is 6.87. The summed E-state index contributed by atoms with van der Waals surface area (Å²) in [6.07, 6.45) is 1.57. The van der Waals surface area contributed by atoms with E-state index in [9.17, 15) is 4.79 Å². The predicted octanol–water partition coefficient (Wildman–Crippen LogP) is 1.26. The molecule has 1 fully saturated rings. The summed E-state index contributed by atoms with van der Waals surface area (Å²) in [6, 6.07) is 0. The van der Waals surface area contributed by atoms with Gasteiger partial charge in [-0.25, -0.2) is 0 Å². The molecule has 1 rings (SSSR count). The Morgan fingerprint density at radius 1 is 1.40 bits per heavy atom. The molecule has 88 valence electrons. The summed E-state index contributed by atoms with van der Waals surface area (Å²) in [7, 11) is 0. The molecule has 15 heavy (non-hydrogen) atoms. The van der Waals surface area contributed by atoms with Crippen LogP contribution in [0.5, 0.6) is 0 Å². The number of aliphatic hydroxyl groups is 1. The number of ether oxygens (including phenoxy) is 2. The van der Waals surface area contributed by atoms with Crippen molar-refractivity contribution < 1.29 is 19.4 Å². The highest BCUT2D eigenvalue weighted by atomic mass is 16.6. The number of aliphatic hydroxyl groups excluding tert-OH is 1. The van der Waals surface area contributed by atoms with E-state index in [1.165, 1.54) is 0 Å². The summed E-state index contributed by atoms with van der Waals surface area (Å²) in [6.45, 7) is 5.91. The largest absolute Gasteiger partial charge is 0.460 e. The van der Waals surface area contributed by atoms with Crippen LogP contribution in [0.1, 0.15) is 40.0 Å². The zero-order valence-electron chi connectivity index (χ0n) is 9.66. The third kappa shape index (κ3) is 5.14. The Labute approximate surface area is 90.6 Å². The van der Waals surface area contributed by atoms with E-state index in [1.807, 2.05) is 20.8 Å². The van der Waals surface area contributed by atoms with Gasteiger partial charge in [0.05, 0.1) is 25.2 Å². The molecule has 4 nitrogen and oxygen atoms in total. The van der Waals surface area contributed by atoms with Crippen molar-refractivity contribution >= 4 is 5.97 Å². The fourth-order valence-corrected chi connectivity index (χ4v) is 1.38. The van der Waals surface area contributed by atoms with E-state index in [0.29, 0.717) is 19.4 Å². The molecule has 0 aromatic carbocycles. The van der Waals surface area contributed by atoms with E-state index in [0.717, 1.165) is 0 Å². The third-order valence-corrected chi connectivity index (χ3v) is 2.15. The fraction of sp³-hybridized carbons (Fsp3) is 0.909. The maximum Gasteiger partial charge on any atom is 0.308 e. The van der Waals surface area contributed by atoms with Crippen LogP contribution in [0.15, 0.2) is 0 Å². The van der Waals surface area contributed by atoms with E-state index >= 15 is 0 Å². The van der Waals surface area contributed by atoms with Gasteiger partial charge in [-0.05, 0) is 33.6 Å². The molecule has 1 saturated carbocycles. The lowest BCUT2D eigenvalue weighted by Crippen LogP contribution is -2.36. The first-order valence-corrected chi connectivity index (χ1v) is 5.38. The maximum atomic E-state index is 11.3. The summed E-state index contributed by atoms with van der Waals surface area (Å²) >= 11 is 0. The van der Waals surface area contributed by atoms with Crippen molar-refractivity contribution in [3.05, 3.63) is 0 Å². The van der Waals surface area contributed by atoms with Gasteiger partial charge in [-0.15, -0.1) is 0 Å². The highest BCUT2D eigenvalue weighted by molar-refractivity contribution is 5.69. The molecule has 1 aliphatic carbocycles. The maximum absolute atomic E-state index is 11.3. The molecule has 1 N–H and O–H groups in total. The number of esters is 1. The molecule has 0 aromatic heterocycles. The summed E-state index contributed by atoms with van der Waals surface area (Å²) in [5.74, 6) is -0.234. The lowest BCUT2D eigenvalue weighted by molar-refractivity contribution is -0.157. The van der Waals surface area contributed by atoms with Gasteiger partial charge in [0.25, 0.3) is 0 Å². The van der Waals surface area contributed by atoms with Crippen LogP contribution in [-0.2, 0) is 14.3 Å². The highest BCUT2D eigenvalue weighted by Crippen LogP contribution is 2.22. The summed E-state index contributed by atoms with van der Waals surface area (Å²) in [5, 5.41) is 9.01. The van der Waals surface area contributed by atoms with E-state index < -0.39 is 5.60 Å². The van der Waals surface area contributed by atoms with E-state index in [1.54, 1.807) is 0 Å². The van der Waals surface area contributed by atoms with Crippen LogP contribution in [0.3, 0.4) is 0 Å². The molecular formula is C11H20O4. The molecule has 0 amide bonds. The topological polar surface area (TPSA) is 55.8 Å². The van der Waals surface area contributed by atoms with Crippen molar-refractivity contribution in [3.63, 3.8) is 0 Å². The van der Waals surface area contributed by atoms with Gasteiger partial charge in [0.1, 0.15) is 5.60 Å². The predicted molar refractivity (Wildman–Crippen MR) is 55.4 cm³/mol. The van der Waals surface area contributed by atoms with E-state index in [2.05, 4.69) is 0 Å². The molecule has 0 atom stereocenters. The van der Waals surface area contributed by atoms with Crippen molar-refractivity contribution in [2.24, 2.45) is 0 Å². The standard InChI is InChI=1S/C11H20O4/c1-11(2,3)15-10(13)4-5-14-9-6-8(12)7-9/h8-9,12H,4-7H2,1-3H3. The summed E-state index contributed by atoms with van der Waals surface area (Å²) in [5.41, 5.74) is -0.427. The highest BCUT2D eigenvalue weighted by Gasteiger charge is 2.28. The quantitative estimate of drug-likeness (QED) is 0.719. The minimum absolute atomic E-state index is 0.127. The van der Waals surface area contributed by atoms with Crippen LogP contribution >= 0.6 is 0 Å². The van der Waals surface area contributed by atoms with Crippen molar-refractivity contribution in [3.8, 4) is 0 Å². The zero-order chi connectivity index (χ0) is 11.5. The van der Waals surface area contributed by atoms with Crippen molar-refractivity contribution in [2.45, 2.75) is 57.8 Å². The number of hydrogen-bond donors (Lipinski definition) is 1. The molecule has 0 heterocycles. The molecule has 0 saturated heterocycles. The van der Waals surface area contributed by atoms with E-state index in [4.69, 9.17) is 14.6 Å². The molecular weight excluding hydrogens is 196 g/mol. The summed E-state index contributed by atoms with van der Waals surface area (Å²) < 4.78 is 10.5. The fourth-order valence-electron chi connectivity index (χ4n) is 1.38. The second-order valence-corrected chi connectivity index (χ2v) is 4.95. The zero-order valence-corrected chi connectivity index (χ0v) is 9.66. The van der Waals surface area contributed by atoms with Crippen molar-refractivity contribution in [1.82, 2.24) is 0 Å². The first-order valence-electron chi connectivity index (χ1n) is 5.38. The molecule has 4 heteroatoms. The molecule has 0 aliphatic heterocycles. The van der Waals surface area contributed by atoms with Crippen LogP contribution < -0.4 is 0 Å². The second kappa shape index (κ2) is 4.94. The normalized spacial score (nSPS) is 25.9. The minimum Gasteiger partial charge on any atom is -0.460 e. The Morgan fingerprint density at radius 2 is 2.00 bits per heavy atom. The van der Waals surface area contributed by atoms with Gasteiger partial charge in [-0.1, -0.05) is 0 Å². The lowest BCUT2D eigenvalue weighted by Gasteiger charge is -2.31. The SMILES string of the molecule is CC(C)(C)OC(=O)CCOC1CC(O)C1. The number of rotatable bonds is 4. The molecule has 0 bridgehead atoms. The average molecular weight is 216 g/mol. The molecule has 0 radical (unpaired) electrons. The number of hydrogen-bond acceptors (Lipinski definition) is 4. The Hall–Kier alpha value is -0.610. The first kappa shape index (κ1) is 12.5. The Morgan fingerprint density at radius 3 is 2.47 bits per heavy atom. The van der Waals surface area contributed by atoms with Crippen molar-refractivity contribution in [2.75, 3.05) is 6.61 Å². The smallest absolute Gasteiger partial charge is 0.308 e. The Bertz CT molecular complexity index is 213. The average Bonchev–Trinajstić information content (AvgIpc) is 1.97. The molecule has 1 aliphatic rings. The monoisotopic (exact) mass is 216 g/mol. The van der Waals surface area contributed by atoms with Gasteiger partial charge < -0.3 is 14.6 Å². The second-order valence-electron chi connectivity index (χ2n) is 4.95. The van der Waals surface area contributed by atoms with Gasteiger partial charge in [0.2, 0.25) is 0 Å². The van der Waals surface area contributed by atoms with Crippen molar-refractivity contribution in [1.29, 1.82) is 0 Å². The molecule has 0 spiro atoms. The van der Waals surface area contributed by atoms with Gasteiger partial charge in [0.15, 0.2) is 0 Å². The number of carbonyl (C=O) groups is 1. The van der Waals surface area contributed by atoms with Gasteiger partial charge in [0, 0.05) is 0 Å². The lowest BCUT2D eigenvalue weighted by atomic mass is 9.92. The van der Waals surface area contributed by atoms with Gasteiger partial charge in [-0.3, -0.25) is 4.79 Å². The number of carbonyl (C=O) groups excluding carboxylic acids is 1. The Kier molecular flexibility index (Phi) is 4.11. The third-order valence-electron chi connectivity index (χ3n) is 2.15. The van der Waals surface area contributed by atoms with E-state index in [-0.39, 0.29) is 24.6 Å². The minimum atomic E-state index is -0.427. The van der Waals surface area contributed by atoms with Crippen LogP contribution in [0, 0.1) is 0 Å². The molecule has 0 aromatic rings. The van der Waals surface area contributed by atoms with Crippen LogP contribution in [0.2, 0.25) is 0 Å². The Balaban J connectivity index is 2.02. The van der Waals surface area contributed by atoms with Crippen LogP contribution in [0.4, 0.5) is 0 Å². The van der Waals surface area contributed by atoms with Crippen LogP contribution in [-0.4, -0.2) is 35.5 Å². The summed E-state index contributed by atoms with van der Waals surface area (Å²) in [4.78, 5) is 11.3. The van der Waals surface area contributed by atoms with Gasteiger partial charge >= 0.3 is 5.97 Å². The molecule has 0 unspecified atom stereocenters. The van der Waals surface area contributed by atoms with Gasteiger partial charge in [-0.2, -0.15) is 0 Å². The van der Waals surface area contributed by atoms with Crippen LogP contribution in [0.25, 0.3) is 0 Å².